The molecule has 1 rings (SSSR count). The molecule has 0 fully saturated rings. The fourth-order valence-electron chi connectivity index (χ4n) is 0.802. The van der Waals surface area contributed by atoms with Crippen molar-refractivity contribution in [2.45, 2.75) is 0 Å². The van der Waals surface area contributed by atoms with Crippen LogP contribution in [0.2, 0.25) is 10.0 Å². The summed E-state index contributed by atoms with van der Waals surface area (Å²) in [5.74, 6) is 0. The largest absolute Gasteiger partial charge is 0.380 e. The molecule has 0 aromatic heterocycles. The van der Waals surface area contributed by atoms with Gasteiger partial charge in [-0.1, -0.05) is 35.9 Å². The minimum Gasteiger partial charge on any atom is -0.380 e. The fraction of sp³-hybridized carbons (Fsp3) is 0.111. The molecule has 0 heterocycles. The minimum atomic E-state index is 0.585. The molecule has 0 atom stereocenters. The van der Waals surface area contributed by atoms with Gasteiger partial charge in [0, 0.05) is 11.6 Å². The van der Waals surface area contributed by atoms with Gasteiger partial charge in [-0.15, -0.1) is 0 Å². The number of rotatable bonds is 3. The van der Waals surface area contributed by atoms with Crippen LogP contribution in [0.3, 0.4) is 0 Å². The van der Waals surface area contributed by atoms with Crippen molar-refractivity contribution in [3.05, 3.63) is 40.9 Å². The second-order valence-corrected chi connectivity index (χ2v) is 3.08. The third kappa shape index (κ3) is 2.43. The Morgan fingerprint density at radius 1 is 1.42 bits per heavy atom. The molecule has 0 amide bonds. The van der Waals surface area contributed by atoms with Gasteiger partial charge in [0.2, 0.25) is 0 Å². The average molecular weight is 201 g/mol. The number of benzene rings is 1. The van der Waals surface area contributed by atoms with Gasteiger partial charge in [-0.25, -0.2) is 0 Å². The van der Waals surface area contributed by atoms with Gasteiger partial charge < -0.3 is 5.32 Å². The van der Waals surface area contributed by atoms with E-state index in [-0.39, 0.29) is 0 Å². The van der Waals surface area contributed by atoms with E-state index in [0.717, 1.165) is 5.69 Å². The first kappa shape index (κ1) is 9.43. The van der Waals surface area contributed by atoms with Crippen LogP contribution in [0.15, 0.2) is 24.3 Å². The summed E-state index contributed by atoms with van der Waals surface area (Å²) in [6, 6.07) is 5.27. The molecule has 1 aromatic carbocycles. The van der Waals surface area contributed by atoms with E-state index >= 15 is 0 Å². The Morgan fingerprint density at radius 2 is 2.17 bits per heavy atom. The SMILES string of the molecule is [CH]=CCNc1ccc(Cl)cc1Cl. The number of halogens is 2. The third-order valence-corrected chi connectivity index (χ3v) is 1.89. The smallest absolute Gasteiger partial charge is 0.0652 e. The van der Waals surface area contributed by atoms with Gasteiger partial charge in [0.15, 0.2) is 0 Å². The molecule has 12 heavy (non-hydrogen) atoms. The van der Waals surface area contributed by atoms with E-state index in [1.165, 1.54) is 6.08 Å². The van der Waals surface area contributed by atoms with E-state index < -0.39 is 0 Å². The molecule has 1 nitrogen and oxygen atoms in total. The van der Waals surface area contributed by atoms with Crippen LogP contribution in [-0.2, 0) is 0 Å². The number of nitrogens with one attached hydrogen (secondary N) is 1. The van der Waals surface area contributed by atoms with Crippen molar-refractivity contribution in [3.8, 4) is 0 Å². The maximum absolute atomic E-state index is 5.86. The number of hydrogen-bond acceptors (Lipinski definition) is 1. The Bertz CT molecular complexity index is 284. The normalized spacial score (nSPS) is 9.50. The van der Waals surface area contributed by atoms with E-state index in [0.29, 0.717) is 16.6 Å². The predicted octanol–water partition coefficient (Wildman–Crippen LogP) is 3.39. The molecule has 1 radical (unpaired) electrons. The summed E-state index contributed by atoms with van der Waals surface area (Å²) in [5.41, 5.74) is 0.836. The second kappa shape index (κ2) is 4.39. The van der Waals surface area contributed by atoms with Crippen LogP contribution < -0.4 is 5.32 Å². The van der Waals surface area contributed by atoms with Crippen LogP contribution in [0.1, 0.15) is 0 Å². The number of anilines is 1. The van der Waals surface area contributed by atoms with E-state index in [1.807, 2.05) is 6.07 Å². The maximum atomic E-state index is 5.86. The third-order valence-electron chi connectivity index (χ3n) is 1.34. The van der Waals surface area contributed by atoms with Gasteiger partial charge in [0.1, 0.15) is 0 Å². The lowest BCUT2D eigenvalue weighted by Crippen LogP contribution is -1.97. The Morgan fingerprint density at radius 3 is 2.75 bits per heavy atom. The van der Waals surface area contributed by atoms with E-state index in [9.17, 15) is 0 Å². The summed E-state index contributed by atoms with van der Waals surface area (Å²) >= 11 is 11.6. The molecule has 0 aliphatic carbocycles. The Hall–Kier alpha value is -0.660. The molecule has 3 heteroatoms. The molecule has 0 spiro atoms. The first-order valence-corrected chi connectivity index (χ1v) is 4.22. The van der Waals surface area contributed by atoms with Gasteiger partial charge in [0.25, 0.3) is 0 Å². The van der Waals surface area contributed by atoms with Crippen molar-refractivity contribution in [1.82, 2.24) is 0 Å². The standard InChI is InChI=1S/C9H8Cl2N/c1-2-5-12-9-4-3-7(10)6-8(9)11/h1-4,6,12H,5H2. The van der Waals surface area contributed by atoms with Gasteiger partial charge >= 0.3 is 0 Å². The van der Waals surface area contributed by atoms with Crippen molar-refractivity contribution in [1.29, 1.82) is 0 Å². The Kier molecular flexibility index (Phi) is 3.45. The molecular formula is C9H8Cl2N. The lowest BCUT2D eigenvalue weighted by Gasteiger charge is -2.05. The molecule has 0 unspecified atom stereocenters. The van der Waals surface area contributed by atoms with Crippen LogP contribution in [0, 0.1) is 6.58 Å². The van der Waals surface area contributed by atoms with Crippen molar-refractivity contribution >= 4 is 28.9 Å². The zero-order valence-electron chi connectivity index (χ0n) is 6.35. The molecule has 1 N–H and O–H groups in total. The van der Waals surface area contributed by atoms with Gasteiger partial charge in [-0.3, -0.25) is 0 Å². The Balaban J connectivity index is 2.78. The van der Waals surface area contributed by atoms with Crippen molar-refractivity contribution in [3.63, 3.8) is 0 Å². The number of hydrogen-bond donors (Lipinski definition) is 1. The van der Waals surface area contributed by atoms with Crippen molar-refractivity contribution < 1.29 is 0 Å². The van der Waals surface area contributed by atoms with Crippen molar-refractivity contribution in [2.24, 2.45) is 0 Å². The van der Waals surface area contributed by atoms with Gasteiger partial charge in [0.05, 0.1) is 10.7 Å². The molecule has 0 aliphatic rings. The highest BCUT2D eigenvalue weighted by Gasteiger charge is 1.98. The molecule has 0 saturated carbocycles. The highest BCUT2D eigenvalue weighted by Crippen LogP contribution is 2.24. The summed E-state index contributed by atoms with van der Waals surface area (Å²) in [6.45, 7) is 5.78. The zero-order chi connectivity index (χ0) is 8.97. The summed E-state index contributed by atoms with van der Waals surface area (Å²) in [5, 5.41) is 4.25. The Labute approximate surface area is 82.0 Å². The fourth-order valence-corrected chi connectivity index (χ4v) is 1.28. The van der Waals surface area contributed by atoms with Crippen LogP contribution >= 0.6 is 23.2 Å². The lowest BCUT2D eigenvalue weighted by molar-refractivity contribution is 1.34. The molecule has 0 aliphatic heterocycles. The summed E-state index contributed by atoms with van der Waals surface area (Å²) in [6.07, 6.45) is 1.52. The monoisotopic (exact) mass is 200 g/mol. The molecular weight excluding hydrogens is 193 g/mol. The maximum Gasteiger partial charge on any atom is 0.0652 e. The summed E-state index contributed by atoms with van der Waals surface area (Å²) < 4.78 is 0. The highest BCUT2D eigenvalue weighted by atomic mass is 35.5. The quantitative estimate of drug-likeness (QED) is 0.790. The average Bonchev–Trinajstić information content (AvgIpc) is 2.03. The van der Waals surface area contributed by atoms with E-state index in [1.54, 1.807) is 12.1 Å². The van der Waals surface area contributed by atoms with E-state index in [2.05, 4.69) is 5.32 Å². The minimum absolute atomic E-state index is 0.585. The van der Waals surface area contributed by atoms with Gasteiger partial charge in [-0.2, -0.15) is 0 Å². The summed E-state index contributed by atoms with van der Waals surface area (Å²) in [4.78, 5) is 0. The predicted molar refractivity (Wildman–Crippen MR) is 53.8 cm³/mol. The molecule has 0 bridgehead atoms. The molecule has 1 aromatic rings. The molecule has 63 valence electrons. The second-order valence-electron chi connectivity index (χ2n) is 2.24. The van der Waals surface area contributed by atoms with E-state index in [4.69, 9.17) is 29.8 Å². The lowest BCUT2D eigenvalue weighted by atomic mass is 10.3. The highest BCUT2D eigenvalue weighted by molar-refractivity contribution is 6.36. The van der Waals surface area contributed by atoms with Gasteiger partial charge in [-0.05, 0) is 18.2 Å². The zero-order valence-corrected chi connectivity index (χ0v) is 7.86. The molecule has 0 saturated heterocycles. The van der Waals surface area contributed by atoms with Crippen molar-refractivity contribution in [2.75, 3.05) is 11.9 Å². The van der Waals surface area contributed by atoms with Crippen LogP contribution in [-0.4, -0.2) is 6.54 Å². The first-order chi connectivity index (χ1) is 5.74. The van der Waals surface area contributed by atoms with Crippen LogP contribution in [0.4, 0.5) is 5.69 Å². The first-order valence-electron chi connectivity index (χ1n) is 3.46. The topological polar surface area (TPSA) is 12.0 Å². The summed E-state index contributed by atoms with van der Waals surface area (Å²) in [7, 11) is 0. The van der Waals surface area contributed by atoms with Crippen LogP contribution in [0.5, 0.6) is 0 Å². The van der Waals surface area contributed by atoms with Crippen LogP contribution in [0.25, 0.3) is 0 Å².